The van der Waals surface area contributed by atoms with Crippen LogP contribution in [0.15, 0.2) is 60.9 Å². The number of fused-ring (bicyclic) bond motifs is 1. The van der Waals surface area contributed by atoms with Gasteiger partial charge in [-0.05, 0) is 89.3 Å². The highest BCUT2D eigenvalue weighted by molar-refractivity contribution is 5.94. The molecule has 0 unspecified atom stereocenters. The highest BCUT2D eigenvalue weighted by Gasteiger charge is 2.20. The van der Waals surface area contributed by atoms with E-state index in [2.05, 4.69) is 32.5 Å². The van der Waals surface area contributed by atoms with Gasteiger partial charge in [-0.25, -0.2) is 9.97 Å². The first-order chi connectivity index (χ1) is 17.3. The maximum absolute atomic E-state index is 12.6. The number of pyridine rings is 1. The molecule has 1 amide bonds. The summed E-state index contributed by atoms with van der Waals surface area (Å²) in [5.74, 6) is 1.05. The second-order valence-corrected chi connectivity index (χ2v) is 9.85. The number of hydrogen-bond donors (Lipinski definition) is 3. The zero-order chi connectivity index (χ0) is 25.3. The van der Waals surface area contributed by atoms with E-state index in [0.717, 1.165) is 37.0 Å². The second kappa shape index (κ2) is 9.67. The van der Waals surface area contributed by atoms with Gasteiger partial charge >= 0.3 is 0 Å². The third kappa shape index (κ3) is 5.22. The Bertz CT molecular complexity index is 1370. The molecule has 1 aliphatic heterocycles. The van der Waals surface area contributed by atoms with Crippen molar-refractivity contribution in [3.05, 3.63) is 72.2 Å². The molecular weight excluding hydrogens is 454 g/mol. The Hall–Kier alpha value is -3.82. The molecule has 1 aliphatic rings. The van der Waals surface area contributed by atoms with Crippen LogP contribution in [0.2, 0.25) is 0 Å². The summed E-state index contributed by atoms with van der Waals surface area (Å²) >= 11 is 0. The summed E-state index contributed by atoms with van der Waals surface area (Å²) in [6.07, 6.45) is 5.59. The topological polar surface area (TPSA) is 108 Å². The van der Waals surface area contributed by atoms with Crippen LogP contribution < -0.4 is 10.6 Å². The van der Waals surface area contributed by atoms with E-state index in [1.54, 1.807) is 38.2 Å². The molecule has 0 saturated carbocycles. The Morgan fingerprint density at radius 3 is 2.53 bits per heavy atom. The van der Waals surface area contributed by atoms with Crippen molar-refractivity contribution in [1.82, 2.24) is 29.7 Å². The largest absolute Gasteiger partial charge is 0.384 e. The molecule has 3 N–H and O–H groups in total. The molecule has 0 spiro atoms. The quantitative estimate of drug-likeness (QED) is 0.383. The van der Waals surface area contributed by atoms with Crippen LogP contribution in [-0.2, 0) is 5.60 Å². The number of hydrogen-bond acceptors (Lipinski definition) is 7. The third-order valence-corrected chi connectivity index (χ3v) is 6.49. The molecule has 1 fully saturated rings. The van der Waals surface area contributed by atoms with Gasteiger partial charge in [0.1, 0.15) is 11.4 Å². The van der Waals surface area contributed by atoms with E-state index in [1.807, 2.05) is 41.1 Å². The molecule has 36 heavy (non-hydrogen) atoms. The van der Waals surface area contributed by atoms with Gasteiger partial charge in [0.15, 0.2) is 5.65 Å². The number of aliphatic hydroxyl groups is 1. The summed E-state index contributed by atoms with van der Waals surface area (Å²) in [6, 6.07) is 15.0. The molecular formula is C27H31N7O2. The van der Waals surface area contributed by atoms with Gasteiger partial charge in [-0.15, -0.1) is 0 Å². The first-order valence-electron chi connectivity index (χ1n) is 12.2. The third-order valence-electron chi connectivity index (χ3n) is 6.49. The number of likely N-dealkylation sites (tertiary alicyclic amines) is 1. The zero-order valence-electron chi connectivity index (χ0n) is 20.8. The smallest absolute Gasteiger partial charge is 0.251 e. The van der Waals surface area contributed by atoms with Gasteiger partial charge in [0, 0.05) is 35.1 Å². The molecule has 4 heterocycles. The number of anilines is 2. The summed E-state index contributed by atoms with van der Waals surface area (Å²) in [5.41, 5.74) is 1.64. The average molecular weight is 486 g/mol. The standard InChI is InChI=1S/C27H31N7O2/c1-27(2,36)22-5-4-6-23(31-22)34-16-11-19-17-28-26(32-24(19)34)30-20-9-7-18(8-10-20)25(35)29-21-12-14-33(3)15-13-21/h4-11,16-17,21,36H,12-15H2,1-3H3,(H,29,35)(H,28,30,32). The van der Waals surface area contributed by atoms with E-state index < -0.39 is 5.60 Å². The van der Waals surface area contributed by atoms with Crippen molar-refractivity contribution in [2.45, 2.75) is 38.3 Å². The Labute approximate surface area is 210 Å². The van der Waals surface area contributed by atoms with Crippen molar-refractivity contribution in [2.75, 3.05) is 25.5 Å². The normalized spacial score (nSPS) is 15.2. The number of nitrogens with one attached hydrogen (secondary N) is 2. The summed E-state index contributed by atoms with van der Waals surface area (Å²) < 4.78 is 1.87. The van der Waals surface area contributed by atoms with Gasteiger partial charge < -0.3 is 20.6 Å². The predicted octanol–water partition coefficient (Wildman–Crippen LogP) is 3.61. The number of piperidine rings is 1. The monoisotopic (exact) mass is 485 g/mol. The van der Waals surface area contributed by atoms with Gasteiger partial charge in [-0.2, -0.15) is 4.98 Å². The van der Waals surface area contributed by atoms with E-state index >= 15 is 0 Å². The predicted molar refractivity (Wildman–Crippen MR) is 140 cm³/mol. The van der Waals surface area contributed by atoms with Crippen molar-refractivity contribution in [2.24, 2.45) is 0 Å². The van der Waals surface area contributed by atoms with Crippen molar-refractivity contribution >= 4 is 28.6 Å². The minimum absolute atomic E-state index is 0.0487. The van der Waals surface area contributed by atoms with Crippen molar-refractivity contribution < 1.29 is 9.90 Å². The highest BCUT2D eigenvalue weighted by Crippen LogP contribution is 2.23. The Kier molecular flexibility index (Phi) is 6.42. The lowest BCUT2D eigenvalue weighted by Crippen LogP contribution is -2.43. The van der Waals surface area contributed by atoms with Gasteiger partial charge in [-0.3, -0.25) is 9.36 Å². The number of carbonyl (C=O) groups is 1. The highest BCUT2D eigenvalue weighted by atomic mass is 16.3. The minimum Gasteiger partial charge on any atom is -0.384 e. The van der Waals surface area contributed by atoms with Gasteiger partial charge in [0.25, 0.3) is 5.91 Å². The number of benzene rings is 1. The molecule has 3 aromatic heterocycles. The fourth-order valence-electron chi connectivity index (χ4n) is 4.32. The molecule has 9 nitrogen and oxygen atoms in total. The van der Waals surface area contributed by atoms with Crippen LogP contribution in [0.4, 0.5) is 11.6 Å². The molecule has 0 radical (unpaired) electrons. The van der Waals surface area contributed by atoms with Crippen LogP contribution in [-0.4, -0.2) is 61.6 Å². The summed E-state index contributed by atoms with van der Waals surface area (Å²) in [5, 5.41) is 17.6. The lowest BCUT2D eigenvalue weighted by molar-refractivity contribution is 0.0738. The summed E-state index contributed by atoms with van der Waals surface area (Å²) in [6.45, 7) is 5.42. The molecule has 1 saturated heterocycles. The maximum Gasteiger partial charge on any atom is 0.251 e. The fraction of sp³-hybridized carbons (Fsp3) is 0.333. The molecule has 9 heteroatoms. The Morgan fingerprint density at radius 1 is 1.06 bits per heavy atom. The molecule has 0 bridgehead atoms. The lowest BCUT2D eigenvalue weighted by Gasteiger charge is -2.29. The van der Waals surface area contributed by atoms with Crippen molar-refractivity contribution in [3.8, 4) is 5.82 Å². The number of nitrogens with zero attached hydrogens (tertiary/aromatic N) is 5. The van der Waals surface area contributed by atoms with Gasteiger partial charge in [0.2, 0.25) is 5.95 Å². The average Bonchev–Trinajstić information content (AvgIpc) is 3.29. The van der Waals surface area contributed by atoms with E-state index in [4.69, 9.17) is 4.98 Å². The van der Waals surface area contributed by atoms with E-state index in [-0.39, 0.29) is 11.9 Å². The summed E-state index contributed by atoms with van der Waals surface area (Å²) in [4.78, 5) is 28.7. The Balaban J connectivity index is 1.31. The van der Waals surface area contributed by atoms with E-state index in [9.17, 15) is 9.90 Å². The minimum atomic E-state index is -1.04. The molecule has 186 valence electrons. The number of aromatic nitrogens is 4. The number of rotatable bonds is 6. The van der Waals surface area contributed by atoms with Gasteiger partial charge in [0.05, 0.1) is 5.69 Å². The van der Waals surface area contributed by atoms with Crippen LogP contribution in [0.1, 0.15) is 42.7 Å². The number of amides is 1. The molecule has 5 rings (SSSR count). The van der Waals surface area contributed by atoms with Crippen LogP contribution in [0.5, 0.6) is 0 Å². The van der Waals surface area contributed by atoms with E-state index in [1.165, 1.54) is 0 Å². The van der Waals surface area contributed by atoms with Crippen molar-refractivity contribution in [3.63, 3.8) is 0 Å². The van der Waals surface area contributed by atoms with E-state index in [0.29, 0.717) is 28.7 Å². The van der Waals surface area contributed by atoms with Crippen LogP contribution in [0, 0.1) is 0 Å². The SMILES string of the molecule is CN1CCC(NC(=O)c2ccc(Nc3ncc4ccn(-c5cccc(C(C)(C)O)n5)c4n3)cc2)CC1. The molecule has 0 atom stereocenters. The van der Waals surface area contributed by atoms with Crippen molar-refractivity contribution in [1.29, 1.82) is 0 Å². The first kappa shape index (κ1) is 23.9. The van der Waals surface area contributed by atoms with Crippen LogP contribution >= 0.6 is 0 Å². The molecule has 1 aromatic carbocycles. The first-order valence-corrected chi connectivity index (χ1v) is 12.2. The molecule has 0 aliphatic carbocycles. The second-order valence-electron chi connectivity index (χ2n) is 9.85. The fourth-order valence-corrected chi connectivity index (χ4v) is 4.32. The van der Waals surface area contributed by atoms with Crippen LogP contribution in [0.25, 0.3) is 16.9 Å². The zero-order valence-corrected chi connectivity index (χ0v) is 20.8. The summed E-state index contributed by atoms with van der Waals surface area (Å²) in [7, 11) is 2.11. The maximum atomic E-state index is 12.6. The van der Waals surface area contributed by atoms with Gasteiger partial charge in [-0.1, -0.05) is 6.07 Å². The number of carbonyl (C=O) groups excluding carboxylic acids is 1. The Morgan fingerprint density at radius 2 is 1.81 bits per heavy atom. The van der Waals surface area contributed by atoms with Crippen LogP contribution in [0.3, 0.4) is 0 Å². The lowest BCUT2D eigenvalue weighted by atomic mass is 10.0. The molecule has 4 aromatic rings.